The molecule has 0 spiro atoms. The number of methoxy groups -OCH3 is 1. The van der Waals surface area contributed by atoms with Crippen molar-refractivity contribution in [2.45, 2.75) is 25.9 Å². The maximum absolute atomic E-state index is 12.4. The van der Waals surface area contributed by atoms with E-state index in [9.17, 15) is 19.5 Å². The zero-order valence-corrected chi connectivity index (χ0v) is 11.9. The third-order valence-electron chi connectivity index (χ3n) is 3.60. The molecule has 0 bridgehead atoms. The van der Waals surface area contributed by atoms with Gasteiger partial charge in [-0.05, 0) is 25.9 Å². The summed E-state index contributed by atoms with van der Waals surface area (Å²) in [6.45, 7) is 2.20. The van der Waals surface area contributed by atoms with Gasteiger partial charge in [0.2, 0.25) is 0 Å². The second-order valence-electron chi connectivity index (χ2n) is 5.02. The van der Waals surface area contributed by atoms with Crippen molar-refractivity contribution < 1.29 is 14.6 Å². The van der Waals surface area contributed by atoms with Gasteiger partial charge in [-0.3, -0.25) is 14.3 Å². The fraction of sp³-hybridized carbons (Fsp3) is 0.615. The quantitative estimate of drug-likeness (QED) is 0.732. The fourth-order valence-electron chi connectivity index (χ4n) is 2.49. The number of H-pyrrole nitrogens is 1. The van der Waals surface area contributed by atoms with E-state index in [2.05, 4.69) is 4.98 Å². The van der Waals surface area contributed by atoms with E-state index in [4.69, 9.17) is 4.74 Å². The first-order chi connectivity index (χ1) is 10.0. The number of nitrogens with zero attached hydrogens (tertiary/aromatic N) is 2. The predicted octanol–water partition coefficient (Wildman–Crippen LogP) is -0.523. The first kappa shape index (κ1) is 15.5. The van der Waals surface area contributed by atoms with E-state index in [1.165, 1.54) is 7.11 Å². The van der Waals surface area contributed by atoms with Gasteiger partial charge in [0.25, 0.3) is 5.56 Å². The minimum atomic E-state index is -1.29. The molecule has 1 aliphatic heterocycles. The molecule has 8 nitrogen and oxygen atoms in total. The van der Waals surface area contributed by atoms with Gasteiger partial charge in [0.1, 0.15) is 5.69 Å². The average Bonchev–Trinajstić information content (AvgIpc) is 2.94. The lowest BCUT2D eigenvalue weighted by Crippen LogP contribution is -2.42. The number of aromatic amines is 1. The van der Waals surface area contributed by atoms with Crippen molar-refractivity contribution in [2.24, 2.45) is 0 Å². The summed E-state index contributed by atoms with van der Waals surface area (Å²) >= 11 is 0. The van der Waals surface area contributed by atoms with Crippen LogP contribution in [-0.4, -0.2) is 52.3 Å². The molecule has 21 heavy (non-hydrogen) atoms. The molecule has 0 amide bonds. The Kier molecular flexibility index (Phi) is 4.92. The monoisotopic (exact) mass is 297 g/mol. The lowest BCUT2D eigenvalue weighted by Gasteiger charge is -2.16. The van der Waals surface area contributed by atoms with Crippen LogP contribution in [0, 0.1) is 0 Å². The first-order valence-corrected chi connectivity index (χ1v) is 6.85. The molecule has 0 aliphatic carbocycles. The van der Waals surface area contributed by atoms with Crippen molar-refractivity contribution in [3.8, 4) is 0 Å². The molecule has 8 heteroatoms. The maximum atomic E-state index is 12.4. The number of carboxylic acids is 1. The second kappa shape index (κ2) is 6.68. The summed E-state index contributed by atoms with van der Waals surface area (Å²) in [7, 11) is 1.47. The standard InChI is InChI=1S/C13H19N3O5/c1-21-7-6-16-11(17)9(8-15-4-2-3-5-15)10(12(18)19)14-13(16)20/h2-8H2,1H3,(H,14,20)(H,18,19). The molecule has 2 rings (SSSR count). The Balaban J connectivity index is 2.44. The summed E-state index contributed by atoms with van der Waals surface area (Å²) in [5.74, 6) is -1.29. The predicted molar refractivity (Wildman–Crippen MR) is 74.7 cm³/mol. The Labute approximate surface area is 121 Å². The minimum Gasteiger partial charge on any atom is -0.477 e. The van der Waals surface area contributed by atoms with Gasteiger partial charge in [-0.25, -0.2) is 9.59 Å². The smallest absolute Gasteiger partial charge is 0.352 e. The van der Waals surface area contributed by atoms with Crippen LogP contribution in [0.5, 0.6) is 0 Å². The van der Waals surface area contributed by atoms with Crippen LogP contribution in [0.3, 0.4) is 0 Å². The molecular weight excluding hydrogens is 278 g/mol. The number of nitrogens with one attached hydrogen (secondary N) is 1. The van der Waals surface area contributed by atoms with Crippen LogP contribution in [0.2, 0.25) is 0 Å². The molecule has 1 fully saturated rings. The number of aromatic nitrogens is 2. The normalized spacial score (nSPS) is 15.5. The first-order valence-electron chi connectivity index (χ1n) is 6.85. The van der Waals surface area contributed by atoms with E-state index >= 15 is 0 Å². The van der Waals surface area contributed by atoms with Gasteiger partial charge in [0, 0.05) is 13.7 Å². The number of hydrogen-bond acceptors (Lipinski definition) is 5. The number of ether oxygens (including phenoxy) is 1. The van der Waals surface area contributed by atoms with Gasteiger partial charge in [-0.2, -0.15) is 0 Å². The summed E-state index contributed by atoms with van der Waals surface area (Å²) in [4.78, 5) is 39.8. The van der Waals surface area contributed by atoms with Crippen molar-refractivity contribution in [1.29, 1.82) is 0 Å². The van der Waals surface area contributed by atoms with Crippen molar-refractivity contribution in [2.75, 3.05) is 26.8 Å². The van der Waals surface area contributed by atoms with E-state index in [1.807, 2.05) is 4.90 Å². The van der Waals surface area contributed by atoms with Crippen LogP contribution in [0.4, 0.5) is 0 Å². The van der Waals surface area contributed by atoms with Crippen molar-refractivity contribution in [3.05, 3.63) is 32.1 Å². The zero-order chi connectivity index (χ0) is 15.4. The van der Waals surface area contributed by atoms with Gasteiger partial charge in [0.15, 0.2) is 0 Å². The summed E-state index contributed by atoms with van der Waals surface area (Å²) in [6, 6.07) is 0. The Morgan fingerprint density at radius 3 is 2.57 bits per heavy atom. The Morgan fingerprint density at radius 2 is 2.00 bits per heavy atom. The molecular formula is C13H19N3O5. The zero-order valence-electron chi connectivity index (χ0n) is 11.9. The Hall–Kier alpha value is -1.93. The van der Waals surface area contributed by atoms with E-state index in [-0.39, 0.29) is 31.0 Å². The molecule has 2 heterocycles. The molecule has 0 saturated carbocycles. The van der Waals surface area contributed by atoms with Gasteiger partial charge >= 0.3 is 11.7 Å². The summed E-state index contributed by atoms with van der Waals surface area (Å²) in [6.07, 6.45) is 2.06. The van der Waals surface area contributed by atoms with Crippen LogP contribution in [0.15, 0.2) is 9.59 Å². The van der Waals surface area contributed by atoms with Gasteiger partial charge < -0.3 is 14.8 Å². The molecule has 116 valence electrons. The highest BCUT2D eigenvalue weighted by atomic mass is 16.5. The van der Waals surface area contributed by atoms with Crippen LogP contribution in [0.1, 0.15) is 28.9 Å². The summed E-state index contributed by atoms with van der Waals surface area (Å²) in [5.41, 5.74) is -1.47. The number of carbonyl (C=O) groups is 1. The molecule has 0 atom stereocenters. The third kappa shape index (κ3) is 3.40. The van der Waals surface area contributed by atoms with Gasteiger partial charge in [-0.1, -0.05) is 0 Å². The molecule has 0 radical (unpaired) electrons. The number of rotatable bonds is 6. The summed E-state index contributed by atoms with van der Waals surface area (Å²) in [5, 5.41) is 9.19. The van der Waals surface area contributed by atoms with Crippen LogP contribution in [-0.2, 0) is 17.8 Å². The number of aromatic carboxylic acids is 1. The highest BCUT2D eigenvalue weighted by molar-refractivity contribution is 5.86. The number of carboxylic acid groups (broad SMARTS) is 1. The Bertz CT molecular complexity index is 628. The summed E-state index contributed by atoms with van der Waals surface area (Å²) < 4.78 is 5.85. The minimum absolute atomic E-state index is 0.0948. The SMILES string of the molecule is COCCn1c(=O)[nH]c(C(=O)O)c(CN2CCCC2)c1=O. The van der Waals surface area contributed by atoms with Gasteiger partial charge in [-0.15, -0.1) is 0 Å². The lowest BCUT2D eigenvalue weighted by molar-refractivity contribution is 0.0686. The maximum Gasteiger partial charge on any atom is 0.352 e. The number of hydrogen-bond donors (Lipinski definition) is 2. The van der Waals surface area contributed by atoms with E-state index in [0.717, 1.165) is 30.5 Å². The molecule has 1 aliphatic rings. The largest absolute Gasteiger partial charge is 0.477 e. The fourth-order valence-corrected chi connectivity index (χ4v) is 2.49. The highest BCUT2D eigenvalue weighted by Crippen LogP contribution is 2.12. The van der Waals surface area contributed by atoms with Crippen molar-refractivity contribution >= 4 is 5.97 Å². The van der Waals surface area contributed by atoms with Crippen LogP contribution < -0.4 is 11.2 Å². The van der Waals surface area contributed by atoms with E-state index < -0.39 is 17.2 Å². The highest BCUT2D eigenvalue weighted by Gasteiger charge is 2.22. The third-order valence-corrected chi connectivity index (χ3v) is 3.60. The van der Waals surface area contributed by atoms with Crippen LogP contribution in [0.25, 0.3) is 0 Å². The van der Waals surface area contributed by atoms with E-state index in [0.29, 0.717) is 0 Å². The van der Waals surface area contributed by atoms with Gasteiger partial charge in [0.05, 0.1) is 18.7 Å². The molecule has 2 N–H and O–H groups in total. The van der Waals surface area contributed by atoms with E-state index in [1.54, 1.807) is 0 Å². The van der Waals surface area contributed by atoms with Crippen molar-refractivity contribution in [1.82, 2.24) is 14.5 Å². The molecule has 1 aromatic rings. The molecule has 1 aromatic heterocycles. The van der Waals surface area contributed by atoms with Crippen molar-refractivity contribution in [3.63, 3.8) is 0 Å². The molecule has 0 unspecified atom stereocenters. The topological polar surface area (TPSA) is 105 Å². The average molecular weight is 297 g/mol. The molecule has 0 aromatic carbocycles. The number of likely N-dealkylation sites (tertiary alicyclic amines) is 1. The second-order valence-corrected chi connectivity index (χ2v) is 5.02. The Morgan fingerprint density at radius 1 is 1.33 bits per heavy atom. The van der Waals surface area contributed by atoms with Crippen LogP contribution >= 0.6 is 0 Å². The molecule has 1 saturated heterocycles. The lowest BCUT2D eigenvalue weighted by atomic mass is 10.2.